The summed E-state index contributed by atoms with van der Waals surface area (Å²) < 4.78 is 5.22. The van der Waals surface area contributed by atoms with E-state index in [-0.39, 0.29) is 0 Å². The van der Waals surface area contributed by atoms with Gasteiger partial charge >= 0.3 is 0 Å². The molecule has 72 valence electrons. The Bertz CT molecular complexity index is 297. The van der Waals surface area contributed by atoms with Gasteiger partial charge in [-0.1, -0.05) is 13.0 Å². The molecular formula is C10H16N2O. The second-order valence-corrected chi connectivity index (χ2v) is 2.83. The van der Waals surface area contributed by atoms with Crippen LogP contribution in [0.5, 0.6) is 5.75 Å². The maximum Gasteiger partial charge on any atom is 0.165 e. The first kappa shape index (κ1) is 9.71. The molecule has 0 spiro atoms. The number of benzene rings is 1. The van der Waals surface area contributed by atoms with Crippen LogP contribution in [-0.4, -0.2) is 14.2 Å². The molecular weight excluding hydrogens is 164 g/mol. The summed E-state index contributed by atoms with van der Waals surface area (Å²) >= 11 is 0. The van der Waals surface area contributed by atoms with Crippen LogP contribution in [0.15, 0.2) is 12.1 Å². The van der Waals surface area contributed by atoms with Crippen molar-refractivity contribution in [1.82, 2.24) is 0 Å². The Labute approximate surface area is 78.9 Å². The number of aryl methyl sites for hydroxylation is 1. The number of hydrogen-bond acceptors (Lipinski definition) is 3. The molecule has 0 amide bonds. The van der Waals surface area contributed by atoms with E-state index in [1.807, 2.05) is 19.2 Å². The average Bonchev–Trinajstić information content (AvgIpc) is 2.17. The van der Waals surface area contributed by atoms with Crippen molar-refractivity contribution in [3.05, 3.63) is 17.7 Å². The summed E-state index contributed by atoms with van der Waals surface area (Å²) in [4.78, 5) is 0. The third-order valence-corrected chi connectivity index (χ3v) is 2.11. The zero-order valence-corrected chi connectivity index (χ0v) is 8.35. The summed E-state index contributed by atoms with van der Waals surface area (Å²) in [6.45, 7) is 2.10. The van der Waals surface area contributed by atoms with E-state index in [0.717, 1.165) is 17.9 Å². The lowest BCUT2D eigenvalue weighted by Crippen LogP contribution is -2.01. The molecule has 0 saturated heterocycles. The van der Waals surface area contributed by atoms with Gasteiger partial charge in [0.2, 0.25) is 0 Å². The third-order valence-electron chi connectivity index (χ3n) is 2.11. The maximum absolute atomic E-state index is 5.77. The van der Waals surface area contributed by atoms with Gasteiger partial charge in [0.15, 0.2) is 5.75 Å². The number of anilines is 2. The van der Waals surface area contributed by atoms with Crippen LogP contribution in [0.25, 0.3) is 0 Å². The number of methoxy groups -OCH3 is 1. The van der Waals surface area contributed by atoms with Crippen molar-refractivity contribution in [2.24, 2.45) is 0 Å². The molecule has 0 aliphatic heterocycles. The summed E-state index contributed by atoms with van der Waals surface area (Å²) in [6.07, 6.45) is 0.965. The second-order valence-electron chi connectivity index (χ2n) is 2.83. The molecule has 0 radical (unpaired) electrons. The van der Waals surface area contributed by atoms with E-state index < -0.39 is 0 Å². The minimum atomic E-state index is 0.670. The van der Waals surface area contributed by atoms with Gasteiger partial charge in [0.05, 0.1) is 18.5 Å². The van der Waals surface area contributed by atoms with Crippen LogP contribution in [0.2, 0.25) is 0 Å². The highest BCUT2D eigenvalue weighted by Gasteiger charge is 2.09. The number of nitrogens with one attached hydrogen (secondary N) is 1. The molecule has 0 unspecified atom stereocenters. The first-order chi connectivity index (χ1) is 6.24. The minimum absolute atomic E-state index is 0.670. The van der Waals surface area contributed by atoms with E-state index in [4.69, 9.17) is 10.5 Å². The molecule has 1 rings (SSSR count). The van der Waals surface area contributed by atoms with Crippen LogP contribution in [0.4, 0.5) is 11.4 Å². The zero-order chi connectivity index (χ0) is 9.84. The topological polar surface area (TPSA) is 47.3 Å². The zero-order valence-electron chi connectivity index (χ0n) is 8.35. The molecule has 0 aromatic heterocycles. The van der Waals surface area contributed by atoms with Crippen molar-refractivity contribution in [2.75, 3.05) is 25.2 Å². The van der Waals surface area contributed by atoms with E-state index in [0.29, 0.717) is 5.69 Å². The molecule has 0 aliphatic rings. The quantitative estimate of drug-likeness (QED) is 0.698. The Balaban J connectivity index is 3.27. The fraction of sp³-hybridized carbons (Fsp3) is 0.400. The summed E-state index contributed by atoms with van der Waals surface area (Å²) in [6, 6.07) is 3.89. The number of rotatable bonds is 3. The lowest BCUT2D eigenvalue weighted by Gasteiger charge is -2.14. The molecule has 13 heavy (non-hydrogen) atoms. The van der Waals surface area contributed by atoms with Crippen molar-refractivity contribution in [3.63, 3.8) is 0 Å². The highest BCUT2D eigenvalue weighted by Crippen LogP contribution is 2.34. The van der Waals surface area contributed by atoms with Gasteiger partial charge in [-0.15, -0.1) is 0 Å². The number of nitrogen functional groups attached to an aromatic ring is 1. The minimum Gasteiger partial charge on any atom is -0.492 e. The Morgan fingerprint density at radius 2 is 2.15 bits per heavy atom. The molecule has 0 heterocycles. The van der Waals surface area contributed by atoms with E-state index in [2.05, 4.69) is 12.2 Å². The lowest BCUT2D eigenvalue weighted by atomic mass is 10.1. The van der Waals surface area contributed by atoms with Crippen LogP contribution in [-0.2, 0) is 6.42 Å². The van der Waals surface area contributed by atoms with E-state index in [1.165, 1.54) is 5.56 Å². The Morgan fingerprint density at radius 1 is 1.46 bits per heavy atom. The number of hydrogen-bond donors (Lipinski definition) is 2. The Kier molecular flexibility index (Phi) is 3.01. The van der Waals surface area contributed by atoms with Crippen molar-refractivity contribution in [1.29, 1.82) is 0 Å². The van der Waals surface area contributed by atoms with Gasteiger partial charge in [0, 0.05) is 7.05 Å². The largest absolute Gasteiger partial charge is 0.492 e. The first-order valence-electron chi connectivity index (χ1n) is 4.37. The molecule has 1 aromatic rings. The van der Waals surface area contributed by atoms with E-state index in [1.54, 1.807) is 7.11 Å². The summed E-state index contributed by atoms with van der Waals surface area (Å²) in [7, 11) is 3.50. The third kappa shape index (κ3) is 1.69. The fourth-order valence-corrected chi connectivity index (χ4v) is 1.43. The molecule has 0 aliphatic carbocycles. The molecule has 0 saturated carbocycles. The number of nitrogens with two attached hydrogens (primary N) is 1. The average molecular weight is 180 g/mol. The predicted octanol–water partition coefficient (Wildman–Crippen LogP) is 1.88. The summed E-state index contributed by atoms with van der Waals surface area (Å²) in [5.74, 6) is 0.738. The van der Waals surface area contributed by atoms with Gasteiger partial charge < -0.3 is 15.8 Å². The van der Waals surface area contributed by atoms with Gasteiger partial charge in [0.25, 0.3) is 0 Å². The van der Waals surface area contributed by atoms with Crippen molar-refractivity contribution in [3.8, 4) is 5.75 Å². The van der Waals surface area contributed by atoms with Crippen LogP contribution in [0.1, 0.15) is 12.5 Å². The predicted molar refractivity (Wildman–Crippen MR) is 56.3 cm³/mol. The van der Waals surface area contributed by atoms with Crippen LogP contribution in [0, 0.1) is 0 Å². The molecule has 0 bridgehead atoms. The van der Waals surface area contributed by atoms with Gasteiger partial charge in [-0.25, -0.2) is 0 Å². The molecule has 3 N–H and O–H groups in total. The molecule has 3 heteroatoms. The van der Waals surface area contributed by atoms with Crippen molar-refractivity contribution in [2.45, 2.75) is 13.3 Å². The second kappa shape index (κ2) is 4.03. The maximum atomic E-state index is 5.77. The molecule has 3 nitrogen and oxygen atoms in total. The fourth-order valence-electron chi connectivity index (χ4n) is 1.43. The molecule has 0 fully saturated rings. The SMILES string of the molecule is CCc1ccc(N)c(OC)c1NC. The normalized spacial score (nSPS) is 9.77. The standard InChI is InChI=1S/C10H16N2O/c1-4-7-5-6-8(11)10(13-3)9(7)12-2/h5-6,12H,4,11H2,1-3H3. The first-order valence-corrected chi connectivity index (χ1v) is 4.37. The van der Waals surface area contributed by atoms with Crippen molar-refractivity contribution >= 4 is 11.4 Å². The highest BCUT2D eigenvalue weighted by molar-refractivity contribution is 5.72. The molecule has 0 atom stereocenters. The van der Waals surface area contributed by atoms with Crippen LogP contribution in [0.3, 0.4) is 0 Å². The monoisotopic (exact) mass is 180 g/mol. The van der Waals surface area contributed by atoms with E-state index >= 15 is 0 Å². The van der Waals surface area contributed by atoms with Crippen LogP contribution >= 0.6 is 0 Å². The van der Waals surface area contributed by atoms with Crippen LogP contribution < -0.4 is 15.8 Å². The Hall–Kier alpha value is -1.38. The Morgan fingerprint density at radius 3 is 2.62 bits per heavy atom. The van der Waals surface area contributed by atoms with Gasteiger partial charge in [-0.05, 0) is 18.1 Å². The van der Waals surface area contributed by atoms with Gasteiger partial charge in [0.1, 0.15) is 0 Å². The van der Waals surface area contributed by atoms with Gasteiger partial charge in [-0.2, -0.15) is 0 Å². The lowest BCUT2D eigenvalue weighted by molar-refractivity contribution is 0.418. The smallest absolute Gasteiger partial charge is 0.165 e. The summed E-state index contributed by atoms with van der Waals surface area (Å²) in [5, 5.41) is 3.10. The summed E-state index contributed by atoms with van der Waals surface area (Å²) in [5.41, 5.74) is 8.64. The van der Waals surface area contributed by atoms with Gasteiger partial charge in [-0.3, -0.25) is 0 Å². The molecule has 1 aromatic carbocycles. The highest BCUT2D eigenvalue weighted by atomic mass is 16.5. The van der Waals surface area contributed by atoms with E-state index in [9.17, 15) is 0 Å². The van der Waals surface area contributed by atoms with Crippen molar-refractivity contribution < 1.29 is 4.74 Å². The number of ether oxygens (including phenoxy) is 1.